The predicted octanol–water partition coefficient (Wildman–Crippen LogP) is 5.34. The van der Waals surface area contributed by atoms with Crippen molar-refractivity contribution in [1.29, 1.82) is 0 Å². The molecule has 3 aromatic rings. The van der Waals surface area contributed by atoms with Gasteiger partial charge in [-0.25, -0.2) is 0 Å². The number of aryl methyl sites for hydroxylation is 1. The molecule has 4 rings (SSSR count). The number of rotatable bonds is 7. The predicted molar refractivity (Wildman–Crippen MR) is 108 cm³/mol. The van der Waals surface area contributed by atoms with Crippen LogP contribution in [0.4, 0.5) is 0 Å². The van der Waals surface area contributed by atoms with Gasteiger partial charge in [0.05, 0.1) is 0 Å². The number of benzene rings is 2. The van der Waals surface area contributed by atoms with Crippen LogP contribution in [0.25, 0.3) is 0 Å². The maximum absolute atomic E-state index is 4.55. The summed E-state index contributed by atoms with van der Waals surface area (Å²) in [6.07, 6.45) is 3.09. The highest BCUT2D eigenvalue weighted by atomic mass is 32.2. The van der Waals surface area contributed by atoms with E-state index in [4.69, 9.17) is 0 Å². The van der Waals surface area contributed by atoms with Gasteiger partial charge in [0.25, 0.3) is 0 Å². The number of allylic oxidation sites excluding steroid dienone is 1. The van der Waals surface area contributed by atoms with E-state index in [-0.39, 0.29) is 0 Å². The third-order valence-electron chi connectivity index (χ3n) is 4.86. The molecule has 1 aliphatic rings. The summed E-state index contributed by atoms with van der Waals surface area (Å²) in [7, 11) is 0. The van der Waals surface area contributed by atoms with Gasteiger partial charge in [-0.15, -0.1) is 16.8 Å². The Labute approximate surface area is 159 Å². The fourth-order valence-corrected chi connectivity index (χ4v) is 4.38. The lowest BCUT2D eigenvalue weighted by molar-refractivity contribution is 0.677. The molecule has 1 aromatic heterocycles. The van der Waals surface area contributed by atoms with Crippen molar-refractivity contribution in [1.82, 2.24) is 14.8 Å². The number of hydrogen-bond acceptors (Lipinski definition) is 3. The zero-order chi connectivity index (χ0) is 17.9. The van der Waals surface area contributed by atoms with Gasteiger partial charge in [-0.2, -0.15) is 0 Å². The largest absolute Gasteiger partial charge is 0.302 e. The van der Waals surface area contributed by atoms with E-state index >= 15 is 0 Å². The highest BCUT2D eigenvalue weighted by Crippen LogP contribution is 2.54. The van der Waals surface area contributed by atoms with Crippen molar-refractivity contribution in [3.05, 3.63) is 89.8 Å². The van der Waals surface area contributed by atoms with Crippen LogP contribution in [0.15, 0.2) is 72.4 Å². The lowest BCUT2D eigenvalue weighted by Crippen LogP contribution is -2.03. The van der Waals surface area contributed by atoms with Crippen molar-refractivity contribution in [2.75, 3.05) is 0 Å². The zero-order valence-corrected chi connectivity index (χ0v) is 15.8. The fraction of sp³-hybridized carbons (Fsp3) is 0.273. The first-order chi connectivity index (χ1) is 12.8. The number of thioether (sulfide) groups is 1. The minimum absolute atomic E-state index is 0.471. The van der Waals surface area contributed by atoms with E-state index in [2.05, 4.69) is 82.9 Å². The molecule has 3 nitrogen and oxygen atoms in total. The minimum Gasteiger partial charge on any atom is -0.302 e. The third kappa shape index (κ3) is 3.61. The van der Waals surface area contributed by atoms with Crippen LogP contribution in [-0.4, -0.2) is 14.8 Å². The Kier molecular flexibility index (Phi) is 4.93. The van der Waals surface area contributed by atoms with Gasteiger partial charge in [-0.05, 0) is 30.4 Å². The molecule has 0 aliphatic heterocycles. The topological polar surface area (TPSA) is 30.7 Å². The molecule has 2 unspecified atom stereocenters. The Bertz CT molecular complexity index is 901. The smallest absolute Gasteiger partial charge is 0.191 e. The summed E-state index contributed by atoms with van der Waals surface area (Å²) in [5.41, 5.74) is 4.01. The highest BCUT2D eigenvalue weighted by molar-refractivity contribution is 7.98. The van der Waals surface area contributed by atoms with Crippen LogP contribution in [0.3, 0.4) is 0 Å². The first-order valence-corrected chi connectivity index (χ1v) is 10.0. The van der Waals surface area contributed by atoms with Gasteiger partial charge in [0.2, 0.25) is 0 Å². The van der Waals surface area contributed by atoms with Crippen molar-refractivity contribution < 1.29 is 0 Å². The van der Waals surface area contributed by atoms with Crippen molar-refractivity contribution in [2.45, 2.75) is 42.6 Å². The Hall–Kier alpha value is -2.33. The average Bonchev–Trinajstić information content (AvgIpc) is 3.36. The molecule has 1 heterocycles. The molecule has 1 saturated carbocycles. The molecular weight excluding hydrogens is 338 g/mol. The van der Waals surface area contributed by atoms with Crippen LogP contribution in [0.1, 0.15) is 40.8 Å². The fourth-order valence-electron chi connectivity index (χ4n) is 3.48. The molecule has 0 N–H and O–H groups in total. The van der Waals surface area contributed by atoms with Crippen LogP contribution in [-0.2, 0) is 12.3 Å². The second-order valence-electron chi connectivity index (χ2n) is 6.88. The van der Waals surface area contributed by atoms with E-state index in [1.165, 1.54) is 16.7 Å². The summed E-state index contributed by atoms with van der Waals surface area (Å²) in [4.78, 5) is 0. The second-order valence-corrected chi connectivity index (χ2v) is 7.82. The maximum Gasteiger partial charge on any atom is 0.191 e. The summed E-state index contributed by atoms with van der Waals surface area (Å²) in [6, 6.07) is 19.4. The molecule has 132 valence electrons. The van der Waals surface area contributed by atoms with Crippen molar-refractivity contribution in [3.63, 3.8) is 0 Å². The first-order valence-electron chi connectivity index (χ1n) is 9.03. The summed E-state index contributed by atoms with van der Waals surface area (Å²) in [5, 5.41) is 10.0. The lowest BCUT2D eigenvalue weighted by atomic mass is 10.1. The summed E-state index contributed by atoms with van der Waals surface area (Å²) in [6.45, 7) is 6.81. The number of nitrogens with zero attached hydrogens (tertiary/aromatic N) is 3. The van der Waals surface area contributed by atoms with Crippen molar-refractivity contribution in [3.8, 4) is 0 Å². The molecule has 0 bridgehead atoms. The summed E-state index contributed by atoms with van der Waals surface area (Å²) >= 11 is 1.75. The molecular formula is C22H23N3S. The quantitative estimate of drug-likeness (QED) is 0.420. The Balaban J connectivity index is 1.51. The van der Waals surface area contributed by atoms with E-state index in [1.807, 2.05) is 6.08 Å². The average molecular weight is 362 g/mol. The normalized spacial score (nSPS) is 18.7. The molecule has 0 amide bonds. The van der Waals surface area contributed by atoms with E-state index in [1.54, 1.807) is 11.8 Å². The van der Waals surface area contributed by atoms with Crippen molar-refractivity contribution >= 4 is 11.8 Å². The monoisotopic (exact) mass is 361 g/mol. The Morgan fingerprint density at radius 3 is 2.73 bits per heavy atom. The lowest BCUT2D eigenvalue weighted by Gasteiger charge is -2.08. The van der Waals surface area contributed by atoms with Crippen LogP contribution in [0.5, 0.6) is 0 Å². The SMILES string of the molecule is C=CCn1c(SCc2cccc(C)c2)nnc1C1CC1c1ccccc1. The molecule has 1 fully saturated rings. The van der Waals surface area contributed by atoms with Crippen LogP contribution >= 0.6 is 11.8 Å². The molecule has 0 radical (unpaired) electrons. The zero-order valence-electron chi connectivity index (χ0n) is 15.0. The van der Waals surface area contributed by atoms with Gasteiger partial charge in [0.1, 0.15) is 5.82 Å². The molecule has 1 aliphatic carbocycles. The first kappa shape index (κ1) is 17.1. The van der Waals surface area contributed by atoms with Crippen molar-refractivity contribution in [2.24, 2.45) is 0 Å². The van der Waals surface area contributed by atoms with Gasteiger partial charge < -0.3 is 4.57 Å². The second kappa shape index (κ2) is 7.50. The van der Waals surface area contributed by atoms with E-state index in [0.29, 0.717) is 11.8 Å². The molecule has 2 aromatic carbocycles. The Morgan fingerprint density at radius 2 is 1.96 bits per heavy atom. The number of aromatic nitrogens is 3. The van der Waals surface area contributed by atoms with Gasteiger partial charge in [0, 0.05) is 18.2 Å². The van der Waals surface area contributed by atoms with Gasteiger partial charge in [0.15, 0.2) is 5.16 Å². The summed E-state index contributed by atoms with van der Waals surface area (Å²) in [5.74, 6) is 3.05. The van der Waals surface area contributed by atoms with Crippen LogP contribution in [0.2, 0.25) is 0 Å². The molecule has 2 atom stereocenters. The van der Waals surface area contributed by atoms with Crippen LogP contribution < -0.4 is 0 Å². The van der Waals surface area contributed by atoms with E-state index < -0.39 is 0 Å². The molecule has 26 heavy (non-hydrogen) atoms. The highest BCUT2D eigenvalue weighted by Gasteiger charge is 2.43. The molecule has 0 saturated heterocycles. The summed E-state index contributed by atoms with van der Waals surface area (Å²) < 4.78 is 2.24. The maximum atomic E-state index is 4.55. The van der Waals surface area contributed by atoms with Gasteiger partial charge in [-0.3, -0.25) is 0 Å². The van der Waals surface area contributed by atoms with Gasteiger partial charge in [-0.1, -0.05) is 78.0 Å². The molecule has 0 spiro atoms. The van der Waals surface area contributed by atoms with Crippen LogP contribution in [0, 0.1) is 6.92 Å². The van der Waals surface area contributed by atoms with E-state index in [9.17, 15) is 0 Å². The Morgan fingerprint density at radius 1 is 1.12 bits per heavy atom. The third-order valence-corrected chi connectivity index (χ3v) is 5.90. The number of hydrogen-bond donors (Lipinski definition) is 0. The van der Waals surface area contributed by atoms with E-state index in [0.717, 1.165) is 29.7 Å². The molecule has 4 heteroatoms. The van der Waals surface area contributed by atoms with Gasteiger partial charge >= 0.3 is 0 Å². The minimum atomic E-state index is 0.471. The standard InChI is InChI=1S/C22H23N3S/c1-3-12-25-21(20-14-19(20)18-10-5-4-6-11-18)23-24-22(25)26-15-17-9-7-8-16(2)13-17/h3-11,13,19-20H,1,12,14-15H2,2H3.